The van der Waals surface area contributed by atoms with Gasteiger partial charge in [0, 0.05) is 19.0 Å². The van der Waals surface area contributed by atoms with Crippen LogP contribution in [0.3, 0.4) is 0 Å². The summed E-state index contributed by atoms with van der Waals surface area (Å²) in [5, 5.41) is 0. The Balaban J connectivity index is 2.22. The zero-order chi connectivity index (χ0) is 13.2. The molecule has 0 saturated carbocycles. The summed E-state index contributed by atoms with van der Waals surface area (Å²) in [7, 11) is -0.228. The van der Waals surface area contributed by atoms with Crippen molar-refractivity contribution in [3.63, 3.8) is 0 Å². The highest BCUT2D eigenvalue weighted by Crippen LogP contribution is 2.35. The van der Waals surface area contributed by atoms with Gasteiger partial charge in [-0.3, -0.25) is 0 Å². The average Bonchev–Trinajstić information content (AvgIpc) is 2.79. The molecule has 0 N–H and O–H groups in total. The highest BCUT2D eigenvalue weighted by atomic mass is 32.3. The predicted octanol–water partition coefficient (Wildman–Crippen LogP) is 3.15. The molecule has 0 radical (unpaired) electrons. The fraction of sp³-hybridized carbons (Fsp3) is 0.167. The van der Waals surface area contributed by atoms with E-state index in [0.29, 0.717) is 4.21 Å². The van der Waals surface area contributed by atoms with Crippen LogP contribution in [0, 0.1) is 0 Å². The summed E-state index contributed by atoms with van der Waals surface area (Å²) >= 11 is 2.87. The Labute approximate surface area is 116 Å². The predicted molar refractivity (Wildman–Crippen MR) is 75.8 cm³/mol. The molecule has 0 saturated heterocycles. The molecule has 0 unspecified atom stereocenters. The molecular weight excluding hydrogens is 286 g/mol. The fourth-order valence-electron chi connectivity index (χ4n) is 1.28. The number of hydrogen-bond donors (Lipinski definition) is 0. The van der Waals surface area contributed by atoms with Gasteiger partial charge in [-0.1, -0.05) is 30.0 Å². The summed E-state index contributed by atoms with van der Waals surface area (Å²) < 4.78 is 26.4. The molecule has 1 aromatic heterocycles. The lowest BCUT2D eigenvalue weighted by Crippen LogP contribution is -2.21. The first-order chi connectivity index (χ1) is 8.50. The molecule has 6 heteroatoms. The number of nitrogens with zero attached hydrogens (tertiary/aromatic N) is 1. The first-order valence-electron chi connectivity index (χ1n) is 5.25. The molecule has 0 spiro atoms. The lowest BCUT2D eigenvalue weighted by atomic mass is 10.4. The van der Waals surface area contributed by atoms with Crippen LogP contribution >= 0.6 is 23.1 Å². The van der Waals surface area contributed by atoms with Crippen LogP contribution in [0.5, 0.6) is 0 Å². The summed E-state index contributed by atoms with van der Waals surface area (Å²) in [6.07, 6.45) is 0. The van der Waals surface area contributed by atoms with Gasteiger partial charge in [-0.2, -0.15) is 0 Å². The van der Waals surface area contributed by atoms with E-state index in [0.717, 1.165) is 9.10 Å². The normalized spacial score (nSPS) is 11.9. The number of rotatable bonds is 4. The van der Waals surface area contributed by atoms with E-state index in [-0.39, 0.29) is 0 Å². The van der Waals surface area contributed by atoms with Crippen molar-refractivity contribution < 1.29 is 8.42 Å². The Morgan fingerprint density at radius 3 is 2.33 bits per heavy atom. The van der Waals surface area contributed by atoms with Crippen LogP contribution in [0.15, 0.2) is 55.8 Å². The van der Waals surface area contributed by atoms with Crippen molar-refractivity contribution >= 4 is 33.1 Å². The third-order valence-corrected chi connectivity index (χ3v) is 6.76. The van der Waals surface area contributed by atoms with Crippen LogP contribution in [-0.4, -0.2) is 26.8 Å². The molecule has 2 aromatic rings. The van der Waals surface area contributed by atoms with Crippen LogP contribution in [0.4, 0.5) is 0 Å². The van der Waals surface area contributed by atoms with Crippen LogP contribution in [-0.2, 0) is 10.0 Å². The van der Waals surface area contributed by atoms with Gasteiger partial charge in [0.1, 0.15) is 4.21 Å². The monoisotopic (exact) mass is 299 g/mol. The summed E-state index contributed by atoms with van der Waals surface area (Å²) in [4.78, 5) is 1.10. The number of thiophene rings is 1. The third kappa shape index (κ3) is 2.95. The van der Waals surface area contributed by atoms with E-state index < -0.39 is 10.0 Å². The molecule has 18 heavy (non-hydrogen) atoms. The molecule has 1 heterocycles. The third-order valence-electron chi connectivity index (χ3n) is 2.25. The van der Waals surface area contributed by atoms with E-state index in [1.807, 2.05) is 36.4 Å². The Kier molecular flexibility index (Phi) is 4.11. The minimum atomic E-state index is -3.31. The topological polar surface area (TPSA) is 37.4 Å². The summed E-state index contributed by atoms with van der Waals surface area (Å²) in [6.45, 7) is 0. The second kappa shape index (κ2) is 5.44. The molecule has 0 aliphatic heterocycles. The van der Waals surface area contributed by atoms with Crippen molar-refractivity contribution in [2.75, 3.05) is 14.1 Å². The molecule has 2 rings (SSSR count). The summed E-state index contributed by atoms with van der Waals surface area (Å²) in [5.74, 6) is 0. The van der Waals surface area contributed by atoms with Gasteiger partial charge in [-0.25, -0.2) is 12.7 Å². The zero-order valence-corrected chi connectivity index (χ0v) is 12.5. The smallest absolute Gasteiger partial charge is 0.206 e. The standard InChI is InChI=1S/C12H13NO2S3/c1-13(2)18(14,15)12-9-8-11(17-12)16-10-6-4-3-5-7-10/h3-9H,1-2H3. The molecule has 96 valence electrons. The molecule has 0 aliphatic rings. The van der Waals surface area contributed by atoms with Crippen molar-refractivity contribution in [1.29, 1.82) is 0 Å². The van der Waals surface area contributed by atoms with Gasteiger partial charge in [0.2, 0.25) is 0 Å². The molecule has 1 aromatic carbocycles. The van der Waals surface area contributed by atoms with Crippen molar-refractivity contribution in [3.05, 3.63) is 42.5 Å². The Morgan fingerprint density at radius 2 is 1.72 bits per heavy atom. The first kappa shape index (κ1) is 13.6. The highest BCUT2D eigenvalue weighted by Gasteiger charge is 2.19. The van der Waals surface area contributed by atoms with Crippen molar-refractivity contribution in [3.8, 4) is 0 Å². The number of sulfonamides is 1. The van der Waals surface area contributed by atoms with Gasteiger partial charge in [0.05, 0.1) is 4.21 Å². The van der Waals surface area contributed by atoms with Gasteiger partial charge in [0.25, 0.3) is 10.0 Å². The lowest BCUT2D eigenvalue weighted by Gasteiger charge is -2.08. The van der Waals surface area contributed by atoms with E-state index in [9.17, 15) is 8.42 Å². The zero-order valence-electron chi connectivity index (χ0n) is 10.0. The molecule has 0 aliphatic carbocycles. The molecule has 0 bridgehead atoms. The van der Waals surface area contributed by atoms with E-state index >= 15 is 0 Å². The maximum atomic E-state index is 11.9. The van der Waals surface area contributed by atoms with Crippen LogP contribution in [0.1, 0.15) is 0 Å². The summed E-state index contributed by atoms with van der Waals surface area (Å²) in [6, 6.07) is 13.4. The minimum absolute atomic E-state index is 0.380. The molecule has 0 fully saturated rings. The van der Waals surface area contributed by atoms with Crippen molar-refractivity contribution in [1.82, 2.24) is 4.31 Å². The maximum Gasteiger partial charge on any atom is 0.252 e. The SMILES string of the molecule is CN(C)S(=O)(=O)c1ccc(Sc2ccccc2)s1. The van der Waals surface area contributed by atoms with Crippen molar-refractivity contribution in [2.24, 2.45) is 0 Å². The van der Waals surface area contributed by atoms with E-state index in [2.05, 4.69) is 0 Å². The molecule has 0 amide bonds. The Morgan fingerprint density at radius 1 is 1.06 bits per heavy atom. The van der Waals surface area contributed by atoms with Crippen molar-refractivity contribution in [2.45, 2.75) is 13.3 Å². The van der Waals surface area contributed by atoms with Crippen LogP contribution in [0.25, 0.3) is 0 Å². The lowest BCUT2D eigenvalue weighted by molar-refractivity contribution is 0.523. The first-order valence-corrected chi connectivity index (χ1v) is 8.33. The highest BCUT2D eigenvalue weighted by molar-refractivity contribution is 8.01. The Hall–Kier alpha value is -0.820. The minimum Gasteiger partial charge on any atom is -0.206 e. The van der Waals surface area contributed by atoms with E-state index in [4.69, 9.17) is 0 Å². The van der Waals surface area contributed by atoms with E-state index in [1.54, 1.807) is 31.9 Å². The Bertz CT molecular complexity index is 618. The molecule has 0 atom stereocenters. The number of benzene rings is 1. The van der Waals surface area contributed by atoms with Gasteiger partial charge >= 0.3 is 0 Å². The van der Waals surface area contributed by atoms with Crippen LogP contribution in [0.2, 0.25) is 0 Å². The van der Waals surface area contributed by atoms with Gasteiger partial charge < -0.3 is 0 Å². The van der Waals surface area contributed by atoms with Gasteiger partial charge in [0.15, 0.2) is 0 Å². The van der Waals surface area contributed by atoms with E-state index in [1.165, 1.54) is 15.6 Å². The maximum absolute atomic E-state index is 11.9. The van der Waals surface area contributed by atoms with Gasteiger partial charge in [-0.15, -0.1) is 11.3 Å². The largest absolute Gasteiger partial charge is 0.252 e. The quantitative estimate of drug-likeness (QED) is 0.870. The fourth-order valence-corrected chi connectivity index (χ4v) is 5.03. The number of hydrogen-bond acceptors (Lipinski definition) is 4. The molecule has 3 nitrogen and oxygen atoms in total. The van der Waals surface area contributed by atoms with Crippen LogP contribution < -0.4 is 0 Å². The second-order valence-corrected chi connectivity index (χ2v) is 8.61. The summed E-state index contributed by atoms with van der Waals surface area (Å²) in [5.41, 5.74) is 0. The van der Waals surface area contributed by atoms with Gasteiger partial charge in [-0.05, 0) is 24.3 Å². The second-order valence-electron chi connectivity index (χ2n) is 3.78. The average molecular weight is 299 g/mol. The molecular formula is C12H13NO2S3.